The highest BCUT2D eigenvalue weighted by Crippen LogP contribution is 2.22. The van der Waals surface area contributed by atoms with Crippen LogP contribution < -0.4 is 17.1 Å². The lowest BCUT2D eigenvalue weighted by Crippen LogP contribution is -3.00. The Morgan fingerprint density at radius 3 is 2.48 bits per heavy atom. The highest BCUT2D eigenvalue weighted by molar-refractivity contribution is 5.73. The smallest absolute Gasteiger partial charge is 0.125 e. The lowest BCUT2D eigenvalue weighted by molar-refractivity contribution is -0.00000463. The molecule has 0 unspecified atom stereocenters. The second-order valence-corrected chi connectivity index (χ2v) is 4.87. The van der Waals surface area contributed by atoms with Gasteiger partial charge in [-0.3, -0.25) is 0 Å². The first-order valence-electron chi connectivity index (χ1n) is 6.73. The summed E-state index contributed by atoms with van der Waals surface area (Å²) < 4.78 is 7.78. The molecule has 0 aliphatic carbocycles. The van der Waals surface area contributed by atoms with Crippen LogP contribution in [0.2, 0.25) is 0 Å². The number of fused-ring (bicyclic) bond motifs is 1. The van der Waals surface area contributed by atoms with Gasteiger partial charge in [0.15, 0.2) is 0 Å². The van der Waals surface area contributed by atoms with Crippen molar-refractivity contribution >= 4 is 11.0 Å². The van der Waals surface area contributed by atoms with Crippen LogP contribution in [-0.4, -0.2) is 21.6 Å². The number of hydrogen-bond donors (Lipinski definition) is 0. The minimum absolute atomic E-state index is 0. The Balaban J connectivity index is 0.00000161. The van der Waals surface area contributed by atoms with Crippen LogP contribution in [0.1, 0.15) is 11.1 Å². The Bertz CT molecular complexity index is 719. The molecular formula is C16H17ClN3O-. The van der Waals surface area contributed by atoms with Crippen molar-refractivity contribution in [2.24, 2.45) is 0 Å². The van der Waals surface area contributed by atoms with Gasteiger partial charge >= 0.3 is 0 Å². The van der Waals surface area contributed by atoms with Gasteiger partial charge in [-0.1, -0.05) is 35.5 Å². The van der Waals surface area contributed by atoms with Gasteiger partial charge in [0.25, 0.3) is 0 Å². The molecule has 5 heteroatoms. The van der Waals surface area contributed by atoms with Gasteiger partial charge in [0.05, 0.1) is 12.1 Å². The zero-order valence-corrected chi connectivity index (χ0v) is 12.8. The Morgan fingerprint density at radius 2 is 1.71 bits per heavy atom. The molecule has 0 bridgehead atoms. The lowest BCUT2D eigenvalue weighted by atomic mass is 10.1. The molecule has 0 aliphatic heterocycles. The van der Waals surface area contributed by atoms with Crippen molar-refractivity contribution in [3.63, 3.8) is 0 Å². The van der Waals surface area contributed by atoms with E-state index >= 15 is 0 Å². The number of aromatic nitrogens is 3. The quantitative estimate of drug-likeness (QED) is 0.688. The van der Waals surface area contributed by atoms with Gasteiger partial charge in [0.1, 0.15) is 17.9 Å². The van der Waals surface area contributed by atoms with E-state index in [2.05, 4.69) is 36.3 Å². The zero-order valence-electron chi connectivity index (χ0n) is 12.1. The van der Waals surface area contributed by atoms with E-state index in [9.17, 15) is 0 Å². The maximum atomic E-state index is 5.90. The van der Waals surface area contributed by atoms with E-state index in [-0.39, 0.29) is 12.4 Å². The summed E-state index contributed by atoms with van der Waals surface area (Å²) in [6.45, 7) is 5.40. The number of halogens is 1. The molecule has 21 heavy (non-hydrogen) atoms. The van der Waals surface area contributed by atoms with Crippen molar-refractivity contribution in [2.75, 3.05) is 6.61 Å². The van der Waals surface area contributed by atoms with Gasteiger partial charge in [-0.2, -0.15) is 0 Å². The van der Waals surface area contributed by atoms with E-state index in [1.54, 1.807) is 0 Å². The summed E-state index contributed by atoms with van der Waals surface area (Å²) in [6.07, 6.45) is 0. The average Bonchev–Trinajstić information content (AvgIpc) is 2.86. The van der Waals surface area contributed by atoms with Crippen molar-refractivity contribution < 1.29 is 17.1 Å². The molecular weight excluding hydrogens is 286 g/mol. The normalized spacial score (nSPS) is 10.4. The lowest BCUT2D eigenvalue weighted by Gasteiger charge is -2.11. The van der Waals surface area contributed by atoms with Gasteiger partial charge in [-0.05, 0) is 37.1 Å². The van der Waals surface area contributed by atoms with Crippen LogP contribution in [0.4, 0.5) is 0 Å². The van der Waals surface area contributed by atoms with Gasteiger partial charge < -0.3 is 17.1 Å². The van der Waals surface area contributed by atoms with E-state index in [1.807, 2.05) is 35.0 Å². The molecule has 0 spiro atoms. The Morgan fingerprint density at radius 1 is 1.00 bits per heavy atom. The predicted octanol–water partition coefficient (Wildman–Crippen LogP) is 0.131. The van der Waals surface area contributed by atoms with Crippen LogP contribution in [-0.2, 0) is 6.54 Å². The minimum Gasteiger partial charge on any atom is -1.00 e. The van der Waals surface area contributed by atoms with E-state index in [0.29, 0.717) is 13.2 Å². The highest BCUT2D eigenvalue weighted by Gasteiger charge is 2.05. The number of ether oxygens (including phenoxy) is 1. The summed E-state index contributed by atoms with van der Waals surface area (Å²) in [7, 11) is 0. The molecule has 1 heterocycles. The summed E-state index contributed by atoms with van der Waals surface area (Å²) in [5.74, 6) is 0.969. The molecule has 3 rings (SSSR count). The topological polar surface area (TPSA) is 39.9 Å². The third-order valence-corrected chi connectivity index (χ3v) is 3.38. The molecule has 0 saturated heterocycles. The number of aryl methyl sites for hydroxylation is 2. The van der Waals surface area contributed by atoms with Crippen LogP contribution >= 0.6 is 0 Å². The molecule has 0 saturated carbocycles. The van der Waals surface area contributed by atoms with E-state index in [1.165, 1.54) is 0 Å². The monoisotopic (exact) mass is 302 g/mol. The van der Waals surface area contributed by atoms with Gasteiger partial charge in [-0.15, -0.1) is 5.10 Å². The molecule has 0 aliphatic rings. The summed E-state index contributed by atoms with van der Waals surface area (Å²) in [5, 5.41) is 8.29. The highest BCUT2D eigenvalue weighted by atomic mass is 35.5. The Kier molecular flexibility index (Phi) is 4.81. The second-order valence-electron chi connectivity index (χ2n) is 4.87. The third kappa shape index (κ3) is 3.16. The van der Waals surface area contributed by atoms with Gasteiger partial charge in [0, 0.05) is 0 Å². The van der Waals surface area contributed by atoms with Crippen LogP contribution in [0.15, 0.2) is 42.5 Å². The fourth-order valence-electron chi connectivity index (χ4n) is 2.34. The molecule has 110 valence electrons. The van der Waals surface area contributed by atoms with Crippen molar-refractivity contribution in [1.82, 2.24) is 15.0 Å². The first-order chi connectivity index (χ1) is 9.75. The molecule has 0 atom stereocenters. The SMILES string of the molecule is Cc1cccc(C)c1OCCn1nnc2ccccc21.[Cl-]. The summed E-state index contributed by atoms with van der Waals surface area (Å²) in [5.41, 5.74) is 4.28. The molecule has 0 N–H and O–H groups in total. The number of nitrogens with zero attached hydrogens (tertiary/aromatic N) is 3. The molecule has 0 fully saturated rings. The zero-order chi connectivity index (χ0) is 13.9. The van der Waals surface area contributed by atoms with Crippen LogP contribution in [0.5, 0.6) is 5.75 Å². The molecule has 2 aromatic carbocycles. The van der Waals surface area contributed by atoms with E-state index in [0.717, 1.165) is 27.9 Å². The van der Waals surface area contributed by atoms with Crippen LogP contribution in [0.25, 0.3) is 11.0 Å². The second kappa shape index (κ2) is 6.59. The molecule has 0 radical (unpaired) electrons. The van der Waals surface area contributed by atoms with E-state index in [4.69, 9.17) is 4.74 Å². The first kappa shape index (κ1) is 15.3. The summed E-state index contributed by atoms with van der Waals surface area (Å²) >= 11 is 0. The minimum atomic E-state index is 0. The van der Waals surface area contributed by atoms with E-state index < -0.39 is 0 Å². The van der Waals surface area contributed by atoms with Crippen molar-refractivity contribution in [2.45, 2.75) is 20.4 Å². The molecule has 3 aromatic rings. The maximum absolute atomic E-state index is 5.90. The average molecular weight is 303 g/mol. The number of rotatable bonds is 4. The van der Waals surface area contributed by atoms with Crippen molar-refractivity contribution in [3.05, 3.63) is 53.6 Å². The standard InChI is InChI=1S/C16H17N3O.ClH/c1-12-6-5-7-13(2)16(12)20-11-10-19-15-9-4-3-8-14(15)17-18-19;/h3-9H,10-11H2,1-2H3;1H/p-1. The fourth-order valence-corrected chi connectivity index (χ4v) is 2.34. The Labute approximate surface area is 130 Å². The maximum Gasteiger partial charge on any atom is 0.125 e. The first-order valence-corrected chi connectivity index (χ1v) is 6.73. The number of para-hydroxylation sites is 2. The largest absolute Gasteiger partial charge is 1.00 e. The summed E-state index contributed by atoms with van der Waals surface area (Å²) in [4.78, 5) is 0. The predicted molar refractivity (Wildman–Crippen MR) is 78.9 cm³/mol. The van der Waals surface area contributed by atoms with Crippen molar-refractivity contribution in [3.8, 4) is 5.75 Å². The molecule has 4 nitrogen and oxygen atoms in total. The van der Waals surface area contributed by atoms with Gasteiger partial charge in [0.2, 0.25) is 0 Å². The summed E-state index contributed by atoms with van der Waals surface area (Å²) in [6, 6.07) is 14.1. The third-order valence-electron chi connectivity index (χ3n) is 3.38. The van der Waals surface area contributed by atoms with Crippen LogP contribution in [0.3, 0.4) is 0 Å². The number of hydrogen-bond acceptors (Lipinski definition) is 3. The van der Waals surface area contributed by atoms with Crippen molar-refractivity contribution in [1.29, 1.82) is 0 Å². The number of benzene rings is 2. The van der Waals surface area contributed by atoms with Gasteiger partial charge in [-0.25, -0.2) is 4.68 Å². The Hall–Kier alpha value is -2.07. The molecule has 1 aromatic heterocycles. The fraction of sp³-hybridized carbons (Fsp3) is 0.250. The van der Waals surface area contributed by atoms with Crippen LogP contribution in [0, 0.1) is 13.8 Å². The molecule has 0 amide bonds.